The van der Waals surface area contributed by atoms with Crippen LogP contribution in [0.25, 0.3) is 10.9 Å². The van der Waals surface area contributed by atoms with Gasteiger partial charge in [0.25, 0.3) is 0 Å². The maximum atomic E-state index is 6.50. The van der Waals surface area contributed by atoms with Gasteiger partial charge in [0.05, 0.1) is 5.52 Å². The molecule has 20 heavy (non-hydrogen) atoms. The summed E-state index contributed by atoms with van der Waals surface area (Å²) in [6, 6.07) is 20.6. The van der Waals surface area contributed by atoms with E-state index >= 15 is 0 Å². The standard InChI is InChI=1S/C18H18N2/c1-13(14-7-3-2-4-8-14)17(19)16-11-5-9-15-10-6-12-20-18(15)16/h2-13,17H,19H2,1H3. The summed E-state index contributed by atoms with van der Waals surface area (Å²) in [5.41, 5.74) is 9.87. The number of hydrogen-bond acceptors (Lipinski definition) is 2. The third-order valence-corrected chi connectivity index (χ3v) is 3.89. The van der Waals surface area contributed by atoms with Gasteiger partial charge in [-0.15, -0.1) is 0 Å². The number of rotatable bonds is 3. The van der Waals surface area contributed by atoms with Crippen LogP contribution in [0.4, 0.5) is 0 Å². The van der Waals surface area contributed by atoms with Crippen molar-refractivity contribution in [1.29, 1.82) is 0 Å². The zero-order valence-corrected chi connectivity index (χ0v) is 11.5. The summed E-state index contributed by atoms with van der Waals surface area (Å²) in [7, 11) is 0. The normalized spacial score (nSPS) is 14.1. The Hall–Kier alpha value is -2.19. The van der Waals surface area contributed by atoms with E-state index in [1.165, 1.54) is 5.56 Å². The predicted octanol–water partition coefficient (Wildman–Crippen LogP) is 4.04. The second kappa shape index (κ2) is 5.43. The fraction of sp³-hybridized carbons (Fsp3) is 0.167. The molecule has 0 aliphatic heterocycles. The minimum atomic E-state index is -0.0593. The third-order valence-electron chi connectivity index (χ3n) is 3.89. The molecule has 0 aliphatic rings. The fourth-order valence-electron chi connectivity index (χ4n) is 2.63. The van der Waals surface area contributed by atoms with Crippen molar-refractivity contribution in [3.63, 3.8) is 0 Å². The van der Waals surface area contributed by atoms with Crippen molar-refractivity contribution in [3.8, 4) is 0 Å². The number of benzene rings is 2. The highest BCUT2D eigenvalue weighted by Gasteiger charge is 2.18. The van der Waals surface area contributed by atoms with E-state index in [0.29, 0.717) is 0 Å². The van der Waals surface area contributed by atoms with Crippen LogP contribution in [-0.2, 0) is 0 Å². The molecule has 0 aliphatic carbocycles. The first-order chi connectivity index (χ1) is 9.77. The van der Waals surface area contributed by atoms with Gasteiger partial charge in [-0.05, 0) is 17.2 Å². The Morgan fingerprint density at radius 2 is 1.65 bits per heavy atom. The minimum Gasteiger partial charge on any atom is -0.323 e. The molecule has 1 heterocycles. The number of nitrogens with two attached hydrogens (primary N) is 1. The van der Waals surface area contributed by atoms with Gasteiger partial charge in [0, 0.05) is 23.5 Å². The molecule has 0 fully saturated rings. The van der Waals surface area contributed by atoms with Crippen LogP contribution in [0.15, 0.2) is 66.9 Å². The number of fused-ring (bicyclic) bond motifs is 1. The molecular weight excluding hydrogens is 244 g/mol. The molecule has 2 heteroatoms. The van der Waals surface area contributed by atoms with Crippen LogP contribution in [0.2, 0.25) is 0 Å². The van der Waals surface area contributed by atoms with Crippen molar-refractivity contribution in [2.24, 2.45) is 5.73 Å². The zero-order chi connectivity index (χ0) is 13.9. The number of para-hydroxylation sites is 1. The summed E-state index contributed by atoms with van der Waals surface area (Å²) in [6.07, 6.45) is 1.83. The highest BCUT2D eigenvalue weighted by atomic mass is 14.7. The second-order valence-electron chi connectivity index (χ2n) is 5.15. The van der Waals surface area contributed by atoms with E-state index in [9.17, 15) is 0 Å². The summed E-state index contributed by atoms with van der Waals surface area (Å²) >= 11 is 0. The van der Waals surface area contributed by atoms with Crippen molar-refractivity contribution >= 4 is 10.9 Å². The van der Waals surface area contributed by atoms with Crippen LogP contribution in [0.3, 0.4) is 0 Å². The lowest BCUT2D eigenvalue weighted by Gasteiger charge is -2.21. The van der Waals surface area contributed by atoms with Gasteiger partial charge < -0.3 is 5.73 Å². The Morgan fingerprint density at radius 3 is 2.45 bits per heavy atom. The monoisotopic (exact) mass is 262 g/mol. The fourth-order valence-corrected chi connectivity index (χ4v) is 2.63. The number of pyridine rings is 1. The zero-order valence-electron chi connectivity index (χ0n) is 11.5. The number of nitrogens with zero attached hydrogens (tertiary/aromatic N) is 1. The van der Waals surface area contributed by atoms with Gasteiger partial charge in [0.1, 0.15) is 0 Å². The van der Waals surface area contributed by atoms with Crippen LogP contribution < -0.4 is 5.73 Å². The highest BCUT2D eigenvalue weighted by molar-refractivity contribution is 5.82. The van der Waals surface area contributed by atoms with E-state index in [1.807, 2.05) is 18.3 Å². The molecule has 1 aromatic heterocycles. The summed E-state index contributed by atoms with van der Waals surface area (Å²) < 4.78 is 0. The first-order valence-corrected chi connectivity index (χ1v) is 6.91. The van der Waals surface area contributed by atoms with Crippen molar-refractivity contribution in [3.05, 3.63) is 78.0 Å². The van der Waals surface area contributed by atoms with Crippen LogP contribution in [0.1, 0.15) is 30.0 Å². The summed E-state index contributed by atoms with van der Waals surface area (Å²) in [6.45, 7) is 2.17. The summed E-state index contributed by atoms with van der Waals surface area (Å²) in [4.78, 5) is 4.50. The molecule has 0 radical (unpaired) electrons. The molecule has 2 unspecified atom stereocenters. The van der Waals surface area contributed by atoms with Crippen LogP contribution in [0, 0.1) is 0 Å². The van der Waals surface area contributed by atoms with Crippen molar-refractivity contribution < 1.29 is 0 Å². The average molecular weight is 262 g/mol. The lowest BCUT2D eigenvalue weighted by atomic mass is 9.88. The first kappa shape index (κ1) is 12.8. The smallest absolute Gasteiger partial charge is 0.0749 e. The highest BCUT2D eigenvalue weighted by Crippen LogP contribution is 2.31. The Bertz CT molecular complexity index is 701. The number of hydrogen-bond donors (Lipinski definition) is 1. The van der Waals surface area contributed by atoms with Crippen LogP contribution >= 0.6 is 0 Å². The summed E-state index contributed by atoms with van der Waals surface area (Å²) in [5, 5.41) is 1.14. The van der Waals surface area contributed by atoms with E-state index in [2.05, 4.69) is 60.4 Å². The lowest BCUT2D eigenvalue weighted by Crippen LogP contribution is -2.18. The van der Waals surface area contributed by atoms with Gasteiger partial charge in [-0.1, -0.05) is 61.5 Å². The summed E-state index contributed by atoms with van der Waals surface area (Å²) in [5.74, 6) is 0.254. The first-order valence-electron chi connectivity index (χ1n) is 6.91. The van der Waals surface area contributed by atoms with E-state index in [4.69, 9.17) is 5.73 Å². The topological polar surface area (TPSA) is 38.9 Å². The van der Waals surface area contributed by atoms with Crippen molar-refractivity contribution in [1.82, 2.24) is 4.98 Å². The van der Waals surface area contributed by atoms with Crippen molar-refractivity contribution in [2.45, 2.75) is 18.9 Å². The minimum absolute atomic E-state index is 0.0593. The van der Waals surface area contributed by atoms with E-state index < -0.39 is 0 Å². The van der Waals surface area contributed by atoms with Crippen LogP contribution in [-0.4, -0.2) is 4.98 Å². The van der Waals surface area contributed by atoms with Crippen LogP contribution in [0.5, 0.6) is 0 Å². The Balaban J connectivity index is 2.03. The molecule has 100 valence electrons. The molecule has 0 bridgehead atoms. The average Bonchev–Trinajstić information content (AvgIpc) is 2.54. The molecule has 0 spiro atoms. The maximum Gasteiger partial charge on any atom is 0.0749 e. The molecular formula is C18H18N2. The van der Waals surface area contributed by atoms with Gasteiger partial charge >= 0.3 is 0 Å². The van der Waals surface area contributed by atoms with Gasteiger partial charge in [-0.25, -0.2) is 0 Å². The molecule has 2 aromatic carbocycles. The largest absolute Gasteiger partial charge is 0.323 e. The molecule has 0 saturated heterocycles. The molecule has 2 nitrogen and oxygen atoms in total. The van der Waals surface area contributed by atoms with Crippen molar-refractivity contribution in [2.75, 3.05) is 0 Å². The molecule has 2 N–H and O–H groups in total. The molecule has 3 aromatic rings. The van der Waals surface area contributed by atoms with E-state index in [1.54, 1.807) is 0 Å². The number of aromatic nitrogens is 1. The van der Waals surface area contributed by atoms with E-state index in [0.717, 1.165) is 16.5 Å². The van der Waals surface area contributed by atoms with Gasteiger partial charge in [-0.3, -0.25) is 4.98 Å². The second-order valence-corrected chi connectivity index (χ2v) is 5.15. The Morgan fingerprint density at radius 1 is 0.900 bits per heavy atom. The molecule has 0 saturated carbocycles. The van der Waals surface area contributed by atoms with Gasteiger partial charge in [0.15, 0.2) is 0 Å². The van der Waals surface area contributed by atoms with Gasteiger partial charge in [0.2, 0.25) is 0 Å². The Kier molecular flexibility index (Phi) is 3.48. The Labute approximate surface area is 119 Å². The lowest BCUT2D eigenvalue weighted by molar-refractivity contribution is 0.601. The maximum absolute atomic E-state index is 6.50. The molecule has 2 atom stereocenters. The molecule has 3 rings (SSSR count). The SMILES string of the molecule is CC(c1ccccc1)C(N)c1cccc2cccnc12. The van der Waals surface area contributed by atoms with E-state index in [-0.39, 0.29) is 12.0 Å². The quantitative estimate of drug-likeness (QED) is 0.773. The van der Waals surface area contributed by atoms with Gasteiger partial charge in [-0.2, -0.15) is 0 Å². The third kappa shape index (κ3) is 2.30. The predicted molar refractivity (Wildman–Crippen MR) is 83.5 cm³/mol. The molecule has 0 amide bonds.